The molecule has 43 heavy (non-hydrogen) atoms. The second-order valence-electron chi connectivity index (χ2n) is 11.0. The predicted octanol–water partition coefficient (Wildman–Crippen LogP) is 3.90. The van der Waals surface area contributed by atoms with Crippen LogP contribution in [0.4, 0.5) is 21.6 Å². The van der Waals surface area contributed by atoms with Crippen LogP contribution in [-0.2, 0) is 23.7 Å². The van der Waals surface area contributed by atoms with Gasteiger partial charge in [-0.3, -0.25) is 9.69 Å². The zero-order chi connectivity index (χ0) is 29.3. The molecule has 0 aliphatic carbocycles. The highest BCUT2D eigenvalue weighted by Crippen LogP contribution is 2.38. The summed E-state index contributed by atoms with van der Waals surface area (Å²) >= 11 is 5.98. The molecule has 5 unspecified atom stereocenters. The molecule has 226 valence electrons. The Bertz CT molecular complexity index is 1530. The molecule has 3 aromatic rings. The number of aromatic nitrogens is 2. The highest BCUT2D eigenvalue weighted by Gasteiger charge is 2.43. The van der Waals surface area contributed by atoms with Crippen LogP contribution in [0.25, 0.3) is 10.9 Å². The third-order valence-corrected chi connectivity index (χ3v) is 8.40. The Hall–Kier alpha value is -3.39. The van der Waals surface area contributed by atoms with E-state index in [4.69, 9.17) is 35.3 Å². The normalized spacial score (nSPS) is 27.0. The summed E-state index contributed by atoms with van der Waals surface area (Å²) < 4.78 is 43.2. The molecule has 2 aromatic carbocycles. The van der Waals surface area contributed by atoms with Crippen molar-refractivity contribution in [2.75, 3.05) is 56.7 Å². The van der Waals surface area contributed by atoms with Crippen LogP contribution in [0.5, 0.6) is 5.75 Å². The van der Waals surface area contributed by atoms with E-state index in [9.17, 15) is 9.18 Å². The minimum Gasteiger partial charge on any atom is -0.485 e. The number of hydrogen-bond acceptors (Lipinski definition) is 10. The third kappa shape index (κ3) is 6.17. The molecule has 4 aliphatic rings. The first-order chi connectivity index (χ1) is 21.0. The van der Waals surface area contributed by atoms with Crippen LogP contribution in [0.2, 0.25) is 5.02 Å². The van der Waals surface area contributed by atoms with Gasteiger partial charge in [0.25, 0.3) is 0 Å². The molecule has 5 atom stereocenters. The van der Waals surface area contributed by atoms with Crippen LogP contribution in [0.1, 0.15) is 6.42 Å². The Labute approximate surface area is 252 Å². The van der Waals surface area contributed by atoms with Crippen LogP contribution in [0.15, 0.2) is 48.8 Å². The Morgan fingerprint density at radius 1 is 1.09 bits per heavy atom. The summed E-state index contributed by atoms with van der Waals surface area (Å²) in [5.74, 6) is 0.188. The Morgan fingerprint density at radius 2 is 1.93 bits per heavy atom. The summed E-state index contributed by atoms with van der Waals surface area (Å²) in [6, 6.07) is 7.85. The smallest absolute Gasteiger partial charge is 0.248 e. The summed E-state index contributed by atoms with van der Waals surface area (Å²) in [4.78, 5) is 24.2. The Morgan fingerprint density at radius 3 is 2.74 bits per heavy atom. The van der Waals surface area contributed by atoms with Crippen molar-refractivity contribution in [3.63, 3.8) is 0 Å². The Balaban J connectivity index is 1.13. The lowest BCUT2D eigenvalue weighted by Crippen LogP contribution is -2.36. The molecule has 0 saturated carbocycles. The lowest BCUT2D eigenvalue weighted by molar-refractivity contribution is -0.116. The number of carbonyl (C=O) groups is 1. The van der Waals surface area contributed by atoms with E-state index in [1.54, 1.807) is 18.2 Å². The van der Waals surface area contributed by atoms with Gasteiger partial charge < -0.3 is 34.3 Å². The number of likely N-dealkylation sites (tertiary alicyclic amines) is 1. The van der Waals surface area contributed by atoms with Gasteiger partial charge in [-0.25, -0.2) is 14.4 Å². The van der Waals surface area contributed by atoms with E-state index in [1.807, 2.05) is 6.08 Å². The minimum atomic E-state index is -0.518. The van der Waals surface area contributed by atoms with Crippen molar-refractivity contribution in [2.45, 2.75) is 31.0 Å². The standard InChI is InChI=1S/C30H31ClFN5O6/c31-20-10-17(3-4-21(20)32)35-29-19-11-23(36-28(38)2-1-6-37-13-25-26(14-37)40-9-8-39-25)24(12-22(19)33-16-34-29)43-27-15-42-30-18(27)5-7-41-30/h1-4,10-12,16,18,25-27,30H,5-9,13-15H2,(H,36,38)(H,33,34,35)/b2-1+. The molecule has 0 spiro atoms. The second-order valence-corrected chi connectivity index (χ2v) is 11.4. The number of halogens is 2. The van der Waals surface area contributed by atoms with E-state index in [-0.39, 0.29) is 41.4 Å². The van der Waals surface area contributed by atoms with Gasteiger partial charge in [0.1, 0.15) is 29.8 Å². The molecule has 2 N–H and O–H groups in total. The van der Waals surface area contributed by atoms with E-state index >= 15 is 0 Å². The first kappa shape index (κ1) is 28.4. The van der Waals surface area contributed by atoms with Gasteiger partial charge in [-0.2, -0.15) is 0 Å². The first-order valence-corrected chi connectivity index (χ1v) is 14.7. The average Bonchev–Trinajstić information content (AvgIpc) is 3.73. The number of rotatable bonds is 8. The van der Waals surface area contributed by atoms with E-state index in [2.05, 4.69) is 25.5 Å². The minimum absolute atomic E-state index is 0.0143. The number of fused-ring (bicyclic) bond motifs is 3. The molecule has 4 saturated heterocycles. The maximum Gasteiger partial charge on any atom is 0.248 e. The van der Waals surface area contributed by atoms with Gasteiger partial charge in [-0.1, -0.05) is 17.7 Å². The van der Waals surface area contributed by atoms with Crippen molar-refractivity contribution in [3.8, 4) is 5.75 Å². The largest absolute Gasteiger partial charge is 0.485 e. The molecule has 1 aromatic heterocycles. The van der Waals surface area contributed by atoms with Crippen molar-refractivity contribution in [1.82, 2.24) is 14.9 Å². The molecule has 0 bridgehead atoms. The van der Waals surface area contributed by atoms with Crippen molar-refractivity contribution < 1.29 is 32.9 Å². The number of hydrogen-bond donors (Lipinski definition) is 2. The molecule has 11 nitrogen and oxygen atoms in total. The van der Waals surface area contributed by atoms with Crippen LogP contribution in [0, 0.1) is 11.7 Å². The number of anilines is 3. The van der Waals surface area contributed by atoms with E-state index in [1.165, 1.54) is 24.5 Å². The molecule has 4 aliphatic heterocycles. The van der Waals surface area contributed by atoms with Crippen LogP contribution in [0.3, 0.4) is 0 Å². The highest BCUT2D eigenvalue weighted by atomic mass is 35.5. The molecular formula is C30H31ClFN5O6. The summed E-state index contributed by atoms with van der Waals surface area (Å²) in [5.41, 5.74) is 1.59. The maximum atomic E-state index is 13.7. The molecule has 13 heteroatoms. The van der Waals surface area contributed by atoms with Crippen molar-refractivity contribution >= 4 is 45.6 Å². The van der Waals surface area contributed by atoms with Crippen molar-refractivity contribution in [1.29, 1.82) is 0 Å². The lowest BCUT2D eigenvalue weighted by atomic mass is 10.0. The highest BCUT2D eigenvalue weighted by molar-refractivity contribution is 6.31. The van der Waals surface area contributed by atoms with E-state index in [0.717, 1.165) is 19.5 Å². The number of benzene rings is 2. The number of carbonyl (C=O) groups excluding carboxylic acids is 1. The van der Waals surface area contributed by atoms with Crippen LogP contribution < -0.4 is 15.4 Å². The van der Waals surface area contributed by atoms with Crippen LogP contribution >= 0.6 is 11.6 Å². The Kier molecular flexibility index (Phi) is 8.13. The number of nitrogens with one attached hydrogen (secondary N) is 2. The number of amides is 1. The fourth-order valence-corrected chi connectivity index (χ4v) is 6.15. The van der Waals surface area contributed by atoms with Crippen molar-refractivity contribution in [2.24, 2.45) is 5.92 Å². The molecule has 5 heterocycles. The summed E-state index contributed by atoms with van der Waals surface area (Å²) in [5, 5.41) is 6.76. The maximum absolute atomic E-state index is 13.7. The molecule has 7 rings (SSSR count). The van der Waals surface area contributed by atoms with Gasteiger partial charge in [-0.15, -0.1) is 0 Å². The summed E-state index contributed by atoms with van der Waals surface area (Å²) in [7, 11) is 0. The predicted molar refractivity (Wildman–Crippen MR) is 156 cm³/mol. The van der Waals surface area contributed by atoms with Gasteiger partial charge >= 0.3 is 0 Å². The fraction of sp³-hybridized carbons (Fsp3) is 0.433. The second kappa shape index (κ2) is 12.3. The number of ether oxygens (including phenoxy) is 5. The van der Waals surface area contributed by atoms with E-state index in [0.29, 0.717) is 66.8 Å². The zero-order valence-corrected chi connectivity index (χ0v) is 24.0. The summed E-state index contributed by atoms with van der Waals surface area (Å²) in [6.45, 7) is 4.36. The van der Waals surface area contributed by atoms with Gasteiger partial charge in [0.05, 0.1) is 60.8 Å². The monoisotopic (exact) mass is 611 g/mol. The summed E-state index contributed by atoms with van der Waals surface area (Å²) in [6.07, 6.45) is 5.23. The lowest BCUT2D eigenvalue weighted by Gasteiger charge is -2.24. The first-order valence-electron chi connectivity index (χ1n) is 14.3. The zero-order valence-electron chi connectivity index (χ0n) is 23.2. The third-order valence-electron chi connectivity index (χ3n) is 8.11. The molecule has 4 fully saturated rings. The quantitative estimate of drug-likeness (QED) is 0.363. The average molecular weight is 612 g/mol. The fourth-order valence-electron chi connectivity index (χ4n) is 5.97. The molecule has 0 radical (unpaired) electrons. The van der Waals surface area contributed by atoms with Gasteiger partial charge in [0.15, 0.2) is 6.29 Å². The molecule has 1 amide bonds. The topological polar surface area (TPSA) is 116 Å². The van der Waals surface area contributed by atoms with Crippen LogP contribution in [-0.4, -0.2) is 91.4 Å². The van der Waals surface area contributed by atoms with Gasteiger partial charge in [-0.05, 0) is 30.7 Å². The SMILES string of the molecule is O=C(/C=C/CN1CC2OCCOC2C1)Nc1cc2c(Nc3ccc(F)c(Cl)c3)ncnc2cc1OC1COC2OCCC12. The van der Waals surface area contributed by atoms with E-state index < -0.39 is 5.82 Å². The van der Waals surface area contributed by atoms with Crippen molar-refractivity contribution in [3.05, 3.63) is 59.7 Å². The number of nitrogens with zero attached hydrogens (tertiary/aromatic N) is 3. The van der Waals surface area contributed by atoms with Gasteiger partial charge in [0.2, 0.25) is 5.91 Å². The molecular weight excluding hydrogens is 581 g/mol. The van der Waals surface area contributed by atoms with Gasteiger partial charge in [0, 0.05) is 42.9 Å².